The first kappa shape index (κ1) is 22.5. The topological polar surface area (TPSA) is 71.5 Å². The van der Waals surface area contributed by atoms with Crippen molar-refractivity contribution < 1.29 is 14.3 Å². The number of amides is 2. The number of hydrogen-bond donors (Lipinski definition) is 1. The molecular weight excluding hydrogens is 466 g/mol. The average Bonchev–Trinajstić information content (AvgIpc) is 3.50. The number of rotatable bonds is 5. The molecule has 1 saturated heterocycles. The van der Waals surface area contributed by atoms with Gasteiger partial charge in [0, 0.05) is 28.9 Å². The van der Waals surface area contributed by atoms with Crippen LogP contribution in [-0.4, -0.2) is 48.0 Å². The third-order valence-electron chi connectivity index (χ3n) is 5.68. The predicted molar refractivity (Wildman–Crippen MR) is 137 cm³/mol. The van der Waals surface area contributed by atoms with E-state index in [1.807, 2.05) is 67.6 Å². The maximum Gasteiger partial charge on any atom is 0.275 e. The molecule has 172 valence electrons. The molecule has 4 aromatic rings. The molecule has 0 saturated carbocycles. The Labute approximate surface area is 205 Å². The van der Waals surface area contributed by atoms with E-state index >= 15 is 0 Å². The van der Waals surface area contributed by atoms with Gasteiger partial charge in [0.15, 0.2) is 0 Å². The highest BCUT2D eigenvalue weighted by atomic mass is 32.1. The van der Waals surface area contributed by atoms with E-state index < -0.39 is 0 Å². The molecule has 2 aromatic heterocycles. The first-order valence-corrected chi connectivity index (χ1v) is 12.7. The Hall–Kier alpha value is -3.33. The maximum absolute atomic E-state index is 13.5. The standard InChI is InChI=1S/C26H23N3O3S2/c1-17-21(26(31)29-12-14-32-15-13-29)25(34-22(17)18-8-4-2-5-9-18)28-23(30)20-16-33-24(27-20)19-10-6-3-7-11-19/h2-11,16H,12-15H2,1H3,(H,28,30). The molecule has 0 atom stereocenters. The monoisotopic (exact) mass is 489 g/mol. The highest BCUT2D eigenvalue weighted by Crippen LogP contribution is 2.41. The molecule has 1 N–H and O–H groups in total. The first-order chi connectivity index (χ1) is 16.6. The molecule has 0 spiro atoms. The summed E-state index contributed by atoms with van der Waals surface area (Å²) in [5, 5.41) is 6.07. The predicted octanol–water partition coefficient (Wildman–Crippen LogP) is 5.57. The van der Waals surface area contributed by atoms with Crippen molar-refractivity contribution in [2.45, 2.75) is 6.92 Å². The second-order valence-corrected chi connectivity index (χ2v) is 9.77. The number of carbonyl (C=O) groups excluding carboxylic acids is 2. The zero-order chi connectivity index (χ0) is 23.5. The fourth-order valence-electron chi connectivity index (χ4n) is 3.91. The minimum atomic E-state index is -0.324. The Morgan fingerprint density at radius 3 is 2.29 bits per heavy atom. The van der Waals surface area contributed by atoms with Crippen LogP contribution < -0.4 is 5.32 Å². The number of hydrogen-bond acceptors (Lipinski definition) is 6. The molecule has 8 heteroatoms. The maximum atomic E-state index is 13.5. The number of nitrogens with one attached hydrogen (secondary N) is 1. The molecule has 1 aliphatic heterocycles. The van der Waals surface area contributed by atoms with Gasteiger partial charge in [-0.2, -0.15) is 0 Å². The van der Waals surface area contributed by atoms with Gasteiger partial charge in [0.05, 0.1) is 18.8 Å². The molecule has 2 aromatic carbocycles. The third kappa shape index (κ3) is 4.52. The van der Waals surface area contributed by atoms with E-state index in [1.165, 1.54) is 22.7 Å². The summed E-state index contributed by atoms with van der Waals surface area (Å²) < 4.78 is 5.41. The van der Waals surface area contributed by atoms with E-state index in [0.29, 0.717) is 42.6 Å². The normalized spacial score (nSPS) is 13.6. The number of carbonyl (C=O) groups is 2. The lowest BCUT2D eigenvalue weighted by molar-refractivity contribution is 0.0303. The van der Waals surface area contributed by atoms with Crippen LogP contribution >= 0.6 is 22.7 Å². The second kappa shape index (κ2) is 9.89. The van der Waals surface area contributed by atoms with Gasteiger partial charge in [-0.1, -0.05) is 60.7 Å². The van der Waals surface area contributed by atoms with Crippen LogP contribution in [0.15, 0.2) is 66.0 Å². The summed E-state index contributed by atoms with van der Waals surface area (Å²) in [5.41, 5.74) is 3.72. The fraction of sp³-hybridized carbons (Fsp3) is 0.192. The third-order valence-corrected chi connectivity index (χ3v) is 7.83. The molecular formula is C26H23N3O3S2. The van der Waals surface area contributed by atoms with E-state index in [2.05, 4.69) is 10.3 Å². The van der Waals surface area contributed by atoms with E-state index in [1.54, 1.807) is 10.3 Å². The molecule has 0 unspecified atom stereocenters. The number of aromatic nitrogens is 1. The molecule has 2 amide bonds. The van der Waals surface area contributed by atoms with Gasteiger partial charge in [-0.3, -0.25) is 9.59 Å². The number of thiophene rings is 1. The summed E-state index contributed by atoms with van der Waals surface area (Å²) >= 11 is 2.85. The van der Waals surface area contributed by atoms with Crippen LogP contribution in [0.5, 0.6) is 0 Å². The Kier molecular flexibility index (Phi) is 6.53. The second-order valence-electron chi connectivity index (χ2n) is 7.89. The van der Waals surface area contributed by atoms with Gasteiger partial charge in [-0.05, 0) is 18.1 Å². The van der Waals surface area contributed by atoms with E-state index in [4.69, 9.17) is 4.74 Å². The van der Waals surface area contributed by atoms with Crippen molar-refractivity contribution in [2.75, 3.05) is 31.6 Å². The van der Waals surface area contributed by atoms with Crippen LogP contribution in [0, 0.1) is 6.92 Å². The molecule has 0 radical (unpaired) electrons. The summed E-state index contributed by atoms with van der Waals surface area (Å²) in [6, 6.07) is 19.7. The first-order valence-electron chi connectivity index (χ1n) is 11.0. The van der Waals surface area contributed by atoms with Crippen molar-refractivity contribution in [3.8, 4) is 21.0 Å². The quantitative estimate of drug-likeness (QED) is 0.398. The largest absolute Gasteiger partial charge is 0.378 e. The fourth-order valence-corrected chi connectivity index (χ4v) is 5.91. The summed E-state index contributed by atoms with van der Waals surface area (Å²) in [7, 11) is 0. The number of benzene rings is 2. The van der Waals surface area contributed by atoms with Gasteiger partial charge in [0.1, 0.15) is 15.7 Å². The highest BCUT2D eigenvalue weighted by molar-refractivity contribution is 7.20. The Balaban J connectivity index is 1.48. The Bertz CT molecular complexity index is 1310. The number of ether oxygens (including phenoxy) is 1. The molecule has 34 heavy (non-hydrogen) atoms. The minimum absolute atomic E-state index is 0.0854. The van der Waals surface area contributed by atoms with E-state index in [0.717, 1.165) is 26.6 Å². The van der Waals surface area contributed by atoms with Crippen LogP contribution in [0.3, 0.4) is 0 Å². The zero-order valence-corrected chi connectivity index (χ0v) is 20.2. The molecule has 5 rings (SSSR count). The van der Waals surface area contributed by atoms with Gasteiger partial charge in [0.25, 0.3) is 11.8 Å². The van der Waals surface area contributed by atoms with Crippen LogP contribution in [0.2, 0.25) is 0 Å². The lowest BCUT2D eigenvalue weighted by Gasteiger charge is -2.27. The van der Waals surface area contributed by atoms with E-state index in [-0.39, 0.29) is 11.8 Å². The zero-order valence-electron chi connectivity index (χ0n) is 18.6. The van der Waals surface area contributed by atoms with Crippen LogP contribution in [-0.2, 0) is 4.74 Å². The van der Waals surface area contributed by atoms with Crippen molar-refractivity contribution in [3.05, 3.63) is 82.9 Å². The van der Waals surface area contributed by atoms with Gasteiger partial charge in [-0.15, -0.1) is 22.7 Å². The number of nitrogens with zero attached hydrogens (tertiary/aromatic N) is 2. The van der Waals surface area contributed by atoms with Gasteiger partial charge in [-0.25, -0.2) is 4.98 Å². The van der Waals surface area contributed by atoms with Gasteiger partial charge < -0.3 is 15.0 Å². The molecule has 3 heterocycles. The van der Waals surface area contributed by atoms with Crippen LogP contribution in [0.1, 0.15) is 26.4 Å². The van der Waals surface area contributed by atoms with Crippen molar-refractivity contribution >= 4 is 39.5 Å². The lowest BCUT2D eigenvalue weighted by Crippen LogP contribution is -2.41. The average molecular weight is 490 g/mol. The SMILES string of the molecule is Cc1c(-c2ccccc2)sc(NC(=O)c2csc(-c3ccccc3)n2)c1C(=O)N1CCOCC1. The Morgan fingerprint density at radius 2 is 1.62 bits per heavy atom. The summed E-state index contributed by atoms with van der Waals surface area (Å²) in [5.74, 6) is -0.409. The van der Waals surface area contributed by atoms with Crippen molar-refractivity contribution in [3.63, 3.8) is 0 Å². The number of anilines is 1. The highest BCUT2D eigenvalue weighted by Gasteiger charge is 2.28. The van der Waals surface area contributed by atoms with Gasteiger partial charge >= 0.3 is 0 Å². The Morgan fingerprint density at radius 1 is 0.971 bits per heavy atom. The van der Waals surface area contributed by atoms with Crippen LogP contribution in [0.25, 0.3) is 21.0 Å². The molecule has 0 aliphatic carbocycles. The van der Waals surface area contributed by atoms with E-state index in [9.17, 15) is 9.59 Å². The number of thiazole rings is 1. The summed E-state index contributed by atoms with van der Waals surface area (Å²) in [6.07, 6.45) is 0. The lowest BCUT2D eigenvalue weighted by atomic mass is 10.1. The smallest absolute Gasteiger partial charge is 0.275 e. The van der Waals surface area contributed by atoms with Crippen LogP contribution in [0.4, 0.5) is 5.00 Å². The minimum Gasteiger partial charge on any atom is -0.378 e. The molecule has 0 bridgehead atoms. The number of morpholine rings is 1. The van der Waals surface area contributed by atoms with Crippen molar-refractivity contribution in [2.24, 2.45) is 0 Å². The molecule has 1 fully saturated rings. The van der Waals surface area contributed by atoms with Crippen molar-refractivity contribution in [1.82, 2.24) is 9.88 Å². The van der Waals surface area contributed by atoms with Crippen molar-refractivity contribution in [1.29, 1.82) is 0 Å². The summed E-state index contributed by atoms with van der Waals surface area (Å²) in [4.78, 5) is 34.0. The molecule has 1 aliphatic rings. The molecule has 6 nitrogen and oxygen atoms in total. The van der Waals surface area contributed by atoms with Gasteiger partial charge in [0.2, 0.25) is 0 Å². The summed E-state index contributed by atoms with van der Waals surface area (Å²) in [6.45, 7) is 4.05.